The van der Waals surface area contributed by atoms with Gasteiger partial charge in [-0.05, 0) is 48.8 Å². The normalized spacial score (nSPS) is 14.4. The summed E-state index contributed by atoms with van der Waals surface area (Å²) in [4.78, 5) is 21.1. The first-order valence-corrected chi connectivity index (χ1v) is 9.93. The summed E-state index contributed by atoms with van der Waals surface area (Å²) in [5, 5.41) is 11.2. The van der Waals surface area contributed by atoms with Gasteiger partial charge in [0.15, 0.2) is 5.82 Å². The lowest BCUT2D eigenvalue weighted by Crippen LogP contribution is -2.21. The van der Waals surface area contributed by atoms with Gasteiger partial charge in [-0.25, -0.2) is 4.98 Å². The number of aromatic nitrogens is 4. The van der Waals surface area contributed by atoms with Crippen molar-refractivity contribution in [3.63, 3.8) is 0 Å². The van der Waals surface area contributed by atoms with Gasteiger partial charge in [0, 0.05) is 36.1 Å². The van der Waals surface area contributed by atoms with Crippen LogP contribution in [0.25, 0.3) is 17.0 Å². The number of benzene rings is 1. The zero-order valence-corrected chi connectivity index (χ0v) is 17.2. The van der Waals surface area contributed by atoms with Gasteiger partial charge in [-0.2, -0.15) is 0 Å². The molecule has 1 amide bonds. The van der Waals surface area contributed by atoms with Crippen LogP contribution in [0.1, 0.15) is 24.4 Å². The first-order chi connectivity index (χ1) is 15.1. The number of anilines is 2. The molecule has 8 nitrogen and oxygen atoms in total. The van der Waals surface area contributed by atoms with E-state index in [1.165, 1.54) is 0 Å². The molecule has 4 rings (SSSR count). The van der Waals surface area contributed by atoms with E-state index < -0.39 is 0 Å². The minimum Gasteiger partial charge on any atom is -0.383 e. The first-order valence-electron chi connectivity index (χ1n) is 9.93. The van der Waals surface area contributed by atoms with E-state index in [0.29, 0.717) is 28.7 Å². The third kappa shape index (κ3) is 4.42. The molecule has 0 unspecified atom stereocenters. The lowest BCUT2D eigenvalue weighted by atomic mass is 10.0. The molecule has 0 atom stereocenters. The quantitative estimate of drug-likeness (QED) is 0.455. The number of nitrogen functional groups attached to an aromatic ring is 1. The Balaban J connectivity index is 1.56. The summed E-state index contributed by atoms with van der Waals surface area (Å²) in [6.07, 6.45) is 8.90. The topological polar surface area (TPSA) is 111 Å². The largest absolute Gasteiger partial charge is 0.383 e. The van der Waals surface area contributed by atoms with Crippen LogP contribution in [0.2, 0.25) is 0 Å². The fourth-order valence-corrected chi connectivity index (χ4v) is 3.29. The molecule has 2 heterocycles. The molecule has 3 N–H and O–H groups in total. The van der Waals surface area contributed by atoms with E-state index in [1.54, 1.807) is 37.8 Å². The number of aliphatic imine (C=N–C) groups is 1. The predicted octanol–water partition coefficient (Wildman–Crippen LogP) is 3.54. The molecule has 0 saturated heterocycles. The molecular formula is C23H23N7O. The second-order valence-corrected chi connectivity index (χ2v) is 7.18. The molecule has 1 fully saturated rings. The van der Waals surface area contributed by atoms with Crippen LogP contribution in [0.3, 0.4) is 0 Å². The van der Waals surface area contributed by atoms with Crippen molar-refractivity contribution < 1.29 is 4.79 Å². The van der Waals surface area contributed by atoms with Crippen molar-refractivity contribution in [3.05, 3.63) is 73.2 Å². The molecule has 0 radical (unpaired) electrons. The van der Waals surface area contributed by atoms with Crippen LogP contribution in [-0.2, 0) is 4.79 Å². The zero-order chi connectivity index (χ0) is 21.8. The van der Waals surface area contributed by atoms with E-state index in [0.717, 1.165) is 24.2 Å². The average molecular weight is 413 g/mol. The van der Waals surface area contributed by atoms with Gasteiger partial charge in [-0.3, -0.25) is 9.79 Å². The maximum Gasteiger partial charge on any atom is 0.273 e. The van der Waals surface area contributed by atoms with E-state index in [4.69, 9.17) is 5.73 Å². The molecule has 0 spiro atoms. The molecule has 1 aliphatic carbocycles. The molecule has 1 aromatic carbocycles. The highest BCUT2D eigenvalue weighted by molar-refractivity contribution is 6.48. The molecule has 2 aromatic heterocycles. The van der Waals surface area contributed by atoms with Crippen molar-refractivity contribution in [2.24, 2.45) is 4.99 Å². The number of hydrogen-bond acceptors (Lipinski definition) is 6. The van der Waals surface area contributed by atoms with E-state index in [1.807, 2.05) is 30.3 Å². The van der Waals surface area contributed by atoms with E-state index in [-0.39, 0.29) is 11.6 Å². The fourth-order valence-electron chi connectivity index (χ4n) is 3.29. The Morgan fingerprint density at radius 3 is 2.87 bits per heavy atom. The summed E-state index contributed by atoms with van der Waals surface area (Å²) < 4.78 is 2.08. The number of pyridine rings is 1. The zero-order valence-electron chi connectivity index (χ0n) is 17.2. The molecule has 0 bridgehead atoms. The van der Waals surface area contributed by atoms with Crippen LogP contribution in [0.15, 0.2) is 72.6 Å². The van der Waals surface area contributed by atoms with Crippen molar-refractivity contribution in [1.29, 1.82) is 0 Å². The van der Waals surface area contributed by atoms with Crippen LogP contribution in [0.4, 0.5) is 11.5 Å². The number of carbonyl (C=O) groups is 1. The van der Waals surface area contributed by atoms with E-state index >= 15 is 0 Å². The number of nitrogens with zero attached hydrogens (tertiary/aromatic N) is 5. The highest BCUT2D eigenvalue weighted by atomic mass is 16.1. The smallest absolute Gasteiger partial charge is 0.273 e. The molecular weight excluding hydrogens is 390 g/mol. The SMILES string of the molecule is C=C/C(=C\C(=NC)C(=O)Nc1cccc(-c2nncn2C2CC2)c1)c1cccnc1N. The van der Waals surface area contributed by atoms with Gasteiger partial charge in [0.2, 0.25) is 0 Å². The first kappa shape index (κ1) is 20.2. The minimum atomic E-state index is -0.342. The molecule has 8 heteroatoms. The van der Waals surface area contributed by atoms with Crippen molar-refractivity contribution in [2.75, 3.05) is 18.1 Å². The Bertz CT molecular complexity index is 1190. The second-order valence-electron chi connectivity index (χ2n) is 7.18. The monoisotopic (exact) mass is 413 g/mol. The highest BCUT2D eigenvalue weighted by Crippen LogP contribution is 2.37. The van der Waals surface area contributed by atoms with E-state index in [9.17, 15) is 4.79 Å². The Morgan fingerprint density at radius 2 is 2.16 bits per heavy atom. The van der Waals surface area contributed by atoms with Gasteiger partial charge in [-0.15, -0.1) is 10.2 Å². The lowest BCUT2D eigenvalue weighted by molar-refractivity contribution is -0.110. The summed E-state index contributed by atoms with van der Waals surface area (Å²) >= 11 is 0. The van der Waals surface area contributed by atoms with Gasteiger partial charge in [0.05, 0.1) is 0 Å². The number of allylic oxidation sites excluding steroid dienone is 2. The van der Waals surface area contributed by atoms with Crippen LogP contribution < -0.4 is 11.1 Å². The van der Waals surface area contributed by atoms with Crippen LogP contribution in [-0.4, -0.2) is 38.4 Å². The lowest BCUT2D eigenvalue weighted by Gasteiger charge is -2.10. The van der Waals surface area contributed by atoms with Crippen molar-refractivity contribution in [3.8, 4) is 11.4 Å². The molecule has 1 saturated carbocycles. The summed E-state index contributed by atoms with van der Waals surface area (Å²) in [5.41, 5.74) is 9.08. The Labute approximate surface area is 180 Å². The fraction of sp³-hybridized carbons (Fsp3) is 0.174. The van der Waals surface area contributed by atoms with E-state index in [2.05, 4.69) is 36.6 Å². The summed E-state index contributed by atoms with van der Waals surface area (Å²) in [7, 11) is 1.56. The molecule has 156 valence electrons. The molecule has 0 aliphatic heterocycles. The third-order valence-corrected chi connectivity index (χ3v) is 5.03. The number of hydrogen-bond donors (Lipinski definition) is 2. The maximum atomic E-state index is 12.9. The van der Waals surface area contributed by atoms with Crippen molar-refractivity contribution >= 4 is 28.7 Å². The standard InChI is InChI=1S/C23H23N7O/c1-3-15(19-8-5-11-26-21(19)24)13-20(25-2)23(31)28-17-7-4-6-16(12-17)22-29-27-14-30(22)18-9-10-18/h3-8,11-14,18H,1,9-10H2,2H3,(H2,24,26)(H,28,31)/b15-13+,25-20?. The summed E-state index contributed by atoms with van der Waals surface area (Å²) in [5.74, 6) is 0.811. The summed E-state index contributed by atoms with van der Waals surface area (Å²) in [6, 6.07) is 11.6. The number of rotatable bonds is 7. The predicted molar refractivity (Wildman–Crippen MR) is 123 cm³/mol. The Kier molecular flexibility index (Phi) is 5.70. The van der Waals surface area contributed by atoms with Gasteiger partial charge < -0.3 is 15.6 Å². The number of amides is 1. The summed E-state index contributed by atoms with van der Waals surface area (Å²) in [6.45, 7) is 3.82. The van der Waals surface area contributed by atoms with Gasteiger partial charge in [0.25, 0.3) is 5.91 Å². The Hall–Kier alpha value is -4.07. The Morgan fingerprint density at radius 1 is 1.32 bits per heavy atom. The van der Waals surface area contributed by atoms with Crippen LogP contribution >= 0.6 is 0 Å². The van der Waals surface area contributed by atoms with Gasteiger partial charge in [-0.1, -0.05) is 24.8 Å². The van der Waals surface area contributed by atoms with Gasteiger partial charge >= 0.3 is 0 Å². The second kappa shape index (κ2) is 8.74. The number of nitrogens with one attached hydrogen (secondary N) is 1. The molecule has 3 aromatic rings. The third-order valence-electron chi connectivity index (χ3n) is 5.03. The van der Waals surface area contributed by atoms with Crippen molar-refractivity contribution in [2.45, 2.75) is 18.9 Å². The number of carbonyl (C=O) groups excluding carboxylic acids is 1. The van der Waals surface area contributed by atoms with Crippen molar-refractivity contribution in [1.82, 2.24) is 19.7 Å². The highest BCUT2D eigenvalue weighted by Gasteiger charge is 2.26. The van der Waals surface area contributed by atoms with Crippen LogP contribution in [0, 0.1) is 0 Å². The maximum absolute atomic E-state index is 12.9. The minimum absolute atomic E-state index is 0.240. The molecule has 31 heavy (non-hydrogen) atoms. The number of nitrogens with two attached hydrogens (primary N) is 1. The molecule has 1 aliphatic rings. The van der Waals surface area contributed by atoms with Gasteiger partial charge in [0.1, 0.15) is 17.9 Å². The average Bonchev–Trinajstić information content (AvgIpc) is 3.51. The van der Waals surface area contributed by atoms with Crippen LogP contribution in [0.5, 0.6) is 0 Å².